The van der Waals surface area contributed by atoms with Gasteiger partial charge in [-0.15, -0.1) is 0 Å². The number of ether oxygens (including phenoxy) is 1. The second-order valence-electron chi connectivity index (χ2n) is 7.66. The molecule has 1 aromatic carbocycles. The van der Waals surface area contributed by atoms with Gasteiger partial charge >= 0.3 is 0 Å². The first-order valence-corrected chi connectivity index (χ1v) is 8.69. The van der Waals surface area contributed by atoms with Gasteiger partial charge in [-0.25, -0.2) is 4.39 Å². The minimum atomic E-state index is -0.381. The summed E-state index contributed by atoms with van der Waals surface area (Å²) >= 11 is 0. The Morgan fingerprint density at radius 2 is 1.87 bits per heavy atom. The third kappa shape index (κ3) is 2.47. The lowest BCUT2D eigenvalue weighted by Gasteiger charge is -2.60. The van der Waals surface area contributed by atoms with E-state index in [1.807, 2.05) is 0 Å². The van der Waals surface area contributed by atoms with Crippen LogP contribution in [0.2, 0.25) is 0 Å². The molecule has 4 aliphatic rings. The van der Waals surface area contributed by atoms with Crippen LogP contribution in [0.15, 0.2) is 24.3 Å². The zero-order valence-electron chi connectivity index (χ0n) is 13.6. The van der Waals surface area contributed by atoms with Gasteiger partial charge < -0.3 is 10.1 Å². The standard InChI is InChI=1S/C19H24FNO2/c1-23-19(11-21-18(22)14-3-2-4-17(20)10-14)15-6-12-5-13(8-15)9-16(19)7-12/h2-4,10,12-13,15-16H,5-9,11H2,1H3,(H,21,22). The molecule has 1 amide bonds. The lowest BCUT2D eigenvalue weighted by Crippen LogP contribution is -2.63. The second kappa shape index (κ2) is 5.59. The van der Waals surface area contributed by atoms with Crippen molar-refractivity contribution < 1.29 is 13.9 Å². The van der Waals surface area contributed by atoms with Crippen LogP contribution in [0, 0.1) is 29.5 Å². The van der Waals surface area contributed by atoms with E-state index in [1.165, 1.54) is 44.2 Å². The number of halogens is 1. The van der Waals surface area contributed by atoms with Crippen LogP contribution < -0.4 is 5.32 Å². The molecule has 124 valence electrons. The van der Waals surface area contributed by atoms with E-state index >= 15 is 0 Å². The highest BCUT2D eigenvalue weighted by Gasteiger charge is 2.57. The summed E-state index contributed by atoms with van der Waals surface area (Å²) in [5, 5.41) is 3.02. The van der Waals surface area contributed by atoms with E-state index in [9.17, 15) is 9.18 Å². The first kappa shape index (κ1) is 15.1. The summed E-state index contributed by atoms with van der Waals surface area (Å²) in [4.78, 5) is 12.4. The molecule has 5 rings (SSSR count). The molecule has 1 aromatic rings. The first-order valence-electron chi connectivity index (χ1n) is 8.69. The van der Waals surface area contributed by atoms with Crippen molar-refractivity contribution >= 4 is 5.91 Å². The maximum absolute atomic E-state index is 13.3. The summed E-state index contributed by atoms with van der Waals surface area (Å²) in [6, 6.07) is 5.85. The minimum Gasteiger partial charge on any atom is -0.376 e. The Morgan fingerprint density at radius 1 is 1.22 bits per heavy atom. The van der Waals surface area contributed by atoms with Crippen molar-refractivity contribution in [3.8, 4) is 0 Å². The van der Waals surface area contributed by atoms with Crippen LogP contribution >= 0.6 is 0 Å². The maximum Gasteiger partial charge on any atom is 0.251 e. The van der Waals surface area contributed by atoms with E-state index in [2.05, 4.69) is 5.32 Å². The lowest BCUT2D eigenvalue weighted by molar-refractivity contribution is -0.186. The van der Waals surface area contributed by atoms with E-state index in [1.54, 1.807) is 19.2 Å². The van der Waals surface area contributed by atoms with Crippen molar-refractivity contribution in [2.45, 2.75) is 37.7 Å². The number of nitrogens with one attached hydrogen (secondary N) is 1. The topological polar surface area (TPSA) is 38.3 Å². The molecular formula is C19H24FNO2. The molecule has 4 fully saturated rings. The van der Waals surface area contributed by atoms with Crippen LogP contribution in [0.5, 0.6) is 0 Å². The van der Waals surface area contributed by atoms with Gasteiger partial charge in [-0.05, 0) is 74.0 Å². The Kier molecular flexibility index (Phi) is 3.67. The number of hydrogen-bond acceptors (Lipinski definition) is 2. The van der Waals surface area contributed by atoms with Gasteiger partial charge in [0.1, 0.15) is 5.82 Å². The Bertz CT molecular complexity index is 587. The normalized spacial score (nSPS) is 37.8. The van der Waals surface area contributed by atoms with E-state index in [0.29, 0.717) is 23.9 Å². The number of amides is 1. The van der Waals surface area contributed by atoms with Gasteiger partial charge in [0.2, 0.25) is 0 Å². The monoisotopic (exact) mass is 317 g/mol. The fraction of sp³-hybridized carbons (Fsp3) is 0.632. The molecule has 4 aliphatic carbocycles. The average Bonchev–Trinajstić information content (AvgIpc) is 2.54. The highest BCUT2D eigenvalue weighted by Crippen LogP contribution is 2.59. The fourth-order valence-corrected chi connectivity index (χ4v) is 5.63. The van der Waals surface area contributed by atoms with Crippen LogP contribution in [0.3, 0.4) is 0 Å². The van der Waals surface area contributed by atoms with Gasteiger partial charge in [0, 0.05) is 19.2 Å². The summed E-state index contributed by atoms with van der Waals surface area (Å²) in [7, 11) is 1.79. The summed E-state index contributed by atoms with van der Waals surface area (Å²) in [6.07, 6.45) is 6.32. The van der Waals surface area contributed by atoms with Crippen molar-refractivity contribution in [3.63, 3.8) is 0 Å². The summed E-state index contributed by atoms with van der Waals surface area (Å²) in [6.45, 7) is 0.535. The highest BCUT2D eigenvalue weighted by atomic mass is 19.1. The van der Waals surface area contributed by atoms with Crippen molar-refractivity contribution in [3.05, 3.63) is 35.6 Å². The highest BCUT2D eigenvalue weighted by molar-refractivity contribution is 5.94. The van der Waals surface area contributed by atoms with Gasteiger partial charge in [0.15, 0.2) is 0 Å². The predicted octanol–water partition coefficient (Wildman–Crippen LogP) is 3.40. The molecule has 23 heavy (non-hydrogen) atoms. The largest absolute Gasteiger partial charge is 0.376 e. The number of carbonyl (C=O) groups excluding carboxylic acids is 1. The number of carbonyl (C=O) groups is 1. The summed E-state index contributed by atoms with van der Waals surface area (Å²) in [5.74, 6) is 2.23. The zero-order valence-corrected chi connectivity index (χ0v) is 13.6. The number of benzene rings is 1. The zero-order chi connectivity index (χ0) is 16.0. The Balaban J connectivity index is 1.49. The fourth-order valence-electron chi connectivity index (χ4n) is 5.63. The van der Waals surface area contributed by atoms with E-state index < -0.39 is 0 Å². The maximum atomic E-state index is 13.3. The number of hydrogen-bond donors (Lipinski definition) is 1. The van der Waals surface area contributed by atoms with Crippen molar-refractivity contribution in [1.82, 2.24) is 5.32 Å². The number of rotatable bonds is 4. The molecule has 4 bridgehead atoms. The third-order valence-corrected chi connectivity index (χ3v) is 6.51. The number of methoxy groups -OCH3 is 1. The molecule has 0 spiro atoms. The van der Waals surface area contributed by atoms with Crippen LogP contribution in [-0.4, -0.2) is 25.2 Å². The second-order valence-corrected chi connectivity index (χ2v) is 7.66. The third-order valence-electron chi connectivity index (χ3n) is 6.51. The molecule has 4 heteroatoms. The van der Waals surface area contributed by atoms with Crippen molar-refractivity contribution in [1.29, 1.82) is 0 Å². The molecular weight excluding hydrogens is 293 g/mol. The van der Waals surface area contributed by atoms with Crippen molar-refractivity contribution in [2.75, 3.05) is 13.7 Å². The molecule has 0 aromatic heterocycles. The molecule has 0 radical (unpaired) electrons. The van der Waals surface area contributed by atoms with Crippen LogP contribution in [0.4, 0.5) is 4.39 Å². The molecule has 3 nitrogen and oxygen atoms in total. The summed E-state index contributed by atoms with van der Waals surface area (Å²) < 4.78 is 19.3. The smallest absolute Gasteiger partial charge is 0.251 e. The Labute approximate surface area is 136 Å². The van der Waals surface area contributed by atoms with Gasteiger partial charge in [0.05, 0.1) is 5.60 Å². The van der Waals surface area contributed by atoms with Gasteiger partial charge in [0.25, 0.3) is 5.91 Å². The first-order chi connectivity index (χ1) is 11.1. The van der Waals surface area contributed by atoms with Gasteiger partial charge in [-0.1, -0.05) is 6.07 Å². The molecule has 0 unspecified atom stereocenters. The van der Waals surface area contributed by atoms with Gasteiger partial charge in [-0.3, -0.25) is 4.79 Å². The minimum absolute atomic E-state index is 0.213. The quantitative estimate of drug-likeness (QED) is 0.924. The van der Waals surface area contributed by atoms with E-state index in [4.69, 9.17) is 4.74 Å². The summed E-state index contributed by atoms with van der Waals surface area (Å²) in [5.41, 5.74) is 0.149. The average molecular weight is 317 g/mol. The van der Waals surface area contributed by atoms with Crippen LogP contribution in [0.25, 0.3) is 0 Å². The Hall–Kier alpha value is -1.42. The molecule has 0 aliphatic heterocycles. The molecule has 1 N–H and O–H groups in total. The van der Waals surface area contributed by atoms with Crippen molar-refractivity contribution in [2.24, 2.45) is 23.7 Å². The molecule has 4 saturated carbocycles. The lowest BCUT2D eigenvalue weighted by atomic mass is 9.49. The predicted molar refractivity (Wildman–Crippen MR) is 85.5 cm³/mol. The van der Waals surface area contributed by atoms with E-state index in [-0.39, 0.29) is 17.3 Å². The van der Waals surface area contributed by atoms with Gasteiger partial charge in [-0.2, -0.15) is 0 Å². The van der Waals surface area contributed by atoms with Crippen LogP contribution in [0.1, 0.15) is 42.5 Å². The molecule has 0 heterocycles. The molecule has 0 atom stereocenters. The SMILES string of the molecule is COC1(CNC(=O)c2cccc(F)c2)C2CC3CC(C2)CC1C3. The molecule has 0 saturated heterocycles. The van der Waals surface area contributed by atoms with E-state index in [0.717, 1.165) is 11.8 Å². The Morgan fingerprint density at radius 3 is 2.43 bits per heavy atom. The van der Waals surface area contributed by atoms with Crippen LogP contribution in [-0.2, 0) is 4.74 Å².